The van der Waals surface area contributed by atoms with Gasteiger partial charge in [-0.1, -0.05) is 6.92 Å². The molecular formula is C9H17N3O. The smallest absolute Gasteiger partial charge is 0.0947 e. The Bertz CT molecular complexity index is 241. The minimum Gasteiger partial charge on any atom is -0.383 e. The molecule has 0 aliphatic carbocycles. The highest BCUT2D eigenvalue weighted by Gasteiger charge is 2.11. The topological polar surface area (TPSA) is 39.1 Å². The van der Waals surface area contributed by atoms with Crippen LogP contribution < -0.4 is 5.32 Å². The first kappa shape index (κ1) is 10.2. The maximum atomic E-state index is 5.11. The highest BCUT2D eigenvalue weighted by Crippen LogP contribution is 2.09. The van der Waals surface area contributed by atoms with Crippen molar-refractivity contribution >= 4 is 0 Å². The lowest BCUT2D eigenvalue weighted by Gasteiger charge is -2.13. The number of imidazole rings is 1. The largest absolute Gasteiger partial charge is 0.383 e. The molecule has 0 spiro atoms. The molecule has 0 aliphatic rings. The van der Waals surface area contributed by atoms with E-state index in [1.165, 1.54) is 0 Å². The fourth-order valence-electron chi connectivity index (χ4n) is 1.27. The fraction of sp³-hybridized carbons (Fsp3) is 0.667. The summed E-state index contributed by atoms with van der Waals surface area (Å²) in [6, 6.07) is 0.205. The van der Waals surface area contributed by atoms with Crippen LogP contribution in [0.2, 0.25) is 0 Å². The molecule has 13 heavy (non-hydrogen) atoms. The van der Waals surface area contributed by atoms with E-state index in [2.05, 4.69) is 17.2 Å². The second kappa shape index (κ2) is 4.99. The SMILES string of the molecule is CCNC(COC)c1cn(C)cn1. The van der Waals surface area contributed by atoms with Crippen LogP contribution in [0.15, 0.2) is 12.5 Å². The molecule has 0 radical (unpaired) electrons. The maximum Gasteiger partial charge on any atom is 0.0947 e. The monoisotopic (exact) mass is 183 g/mol. The van der Waals surface area contributed by atoms with E-state index in [4.69, 9.17) is 4.74 Å². The molecule has 0 saturated heterocycles. The molecule has 0 saturated carbocycles. The average molecular weight is 183 g/mol. The minimum absolute atomic E-state index is 0.205. The number of aromatic nitrogens is 2. The summed E-state index contributed by atoms with van der Waals surface area (Å²) in [5.41, 5.74) is 1.03. The standard InChI is InChI=1S/C9H17N3O/c1-4-10-9(6-13-3)8-5-12(2)7-11-8/h5,7,9-10H,4,6H2,1-3H3. The highest BCUT2D eigenvalue weighted by atomic mass is 16.5. The number of likely N-dealkylation sites (N-methyl/N-ethyl adjacent to an activating group) is 1. The summed E-state index contributed by atoms with van der Waals surface area (Å²) in [7, 11) is 3.67. The quantitative estimate of drug-likeness (QED) is 0.731. The van der Waals surface area contributed by atoms with Gasteiger partial charge >= 0.3 is 0 Å². The van der Waals surface area contributed by atoms with Crippen molar-refractivity contribution in [3.05, 3.63) is 18.2 Å². The van der Waals surface area contributed by atoms with Crippen LogP contribution in [0.1, 0.15) is 18.7 Å². The van der Waals surface area contributed by atoms with Gasteiger partial charge in [0.25, 0.3) is 0 Å². The first-order valence-corrected chi connectivity index (χ1v) is 4.48. The summed E-state index contributed by atoms with van der Waals surface area (Å²) in [6.07, 6.45) is 3.81. The zero-order chi connectivity index (χ0) is 9.68. The van der Waals surface area contributed by atoms with Crippen LogP contribution in [0.5, 0.6) is 0 Å². The van der Waals surface area contributed by atoms with Gasteiger partial charge < -0.3 is 14.6 Å². The van der Waals surface area contributed by atoms with E-state index < -0.39 is 0 Å². The Morgan fingerprint density at radius 2 is 2.46 bits per heavy atom. The third-order valence-corrected chi connectivity index (χ3v) is 1.87. The van der Waals surface area contributed by atoms with Crippen molar-refractivity contribution in [3.8, 4) is 0 Å². The second-order valence-corrected chi connectivity index (χ2v) is 3.03. The maximum absolute atomic E-state index is 5.11. The number of rotatable bonds is 5. The van der Waals surface area contributed by atoms with E-state index in [9.17, 15) is 0 Å². The summed E-state index contributed by atoms with van der Waals surface area (Å²) < 4.78 is 7.05. The number of ether oxygens (including phenoxy) is 1. The van der Waals surface area contributed by atoms with Crippen molar-refractivity contribution in [1.82, 2.24) is 14.9 Å². The Hall–Kier alpha value is -0.870. The molecule has 4 heteroatoms. The van der Waals surface area contributed by atoms with Crippen molar-refractivity contribution in [2.45, 2.75) is 13.0 Å². The molecule has 0 fully saturated rings. The average Bonchev–Trinajstić information content (AvgIpc) is 2.51. The number of aryl methyl sites for hydroxylation is 1. The van der Waals surface area contributed by atoms with Crippen molar-refractivity contribution < 1.29 is 4.74 Å². The van der Waals surface area contributed by atoms with E-state index in [0.29, 0.717) is 6.61 Å². The summed E-state index contributed by atoms with van der Waals surface area (Å²) in [6.45, 7) is 3.65. The van der Waals surface area contributed by atoms with Gasteiger partial charge in [-0.2, -0.15) is 0 Å². The van der Waals surface area contributed by atoms with Crippen LogP contribution in [-0.4, -0.2) is 29.8 Å². The molecule has 1 rings (SSSR count). The number of hydrogen-bond acceptors (Lipinski definition) is 3. The van der Waals surface area contributed by atoms with Crippen LogP contribution in [-0.2, 0) is 11.8 Å². The molecule has 1 unspecified atom stereocenters. The second-order valence-electron chi connectivity index (χ2n) is 3.03. The summed E-state index contributed by atoms with van der Waals surface area (Å²) in [4.78, 5) is 4.27. The first-order chi connectivity index (χ1) is 6.27. The molecule has 1 atom stereocenters. The van der Waals surface area contributed by atoms with Crippen molar-refractivity contribution in [1.29, 1.82) is 0 Å². The van der Waals surface area contributed by atoms with Gasteiger partial charge in [-0.15, -0.1) is 0 Å². The molecule has 0 amide bonds. The molecule has 0 bridgehead atoms. The number of nitrogens with zero attached hydrogens (tertiary/aromatic N) is 2. The molecular weight excluding hydrogens is 166 g/mol. The van der Waals surface area contributed by atoms with Crippen LogP contribution in [0, 0.1) is 0 Å². The predicted octanol–water partition coefficient (Wildman–Crippen LogP) is 0.717. The van der Waals surface area contributed by atoms with Crippen molar-refractivity contribution in [3.63, 3.8) is 0 Å². The highest BCUT2D eigenvalue weighted by molar-refractivity contribution is 5.03. The Morgan fingerprint density at radius 3 is 2.92 bits per heavy atom. The normalized spacial score (nSPS) is 13.2. The lowest BCUT2D eigenvalue weighted by molar-refractivity contribution is 0.166. The van der Waals surface area contributed by atoms with E-state index in [-0.39, 0.29) is 6.04 Å². The fourth-order valence-corrected chi connectivity index (χ4v) is 1.27. The Kier molecular flexibility index (Phi) is 3.92. The molecule has 0 aromatic carbocycles. The number of nitrogens with one attached hydrogen (secondary N) is 1. The van der Waals surface area contributed by atoms with Gasteiger partial charge in [0.15, 0.2) is 0 Å². The Morgan fingerprint density at radius 1 is 1.69 bits per heavy atom. The lowest BCUT2D eigenvalue weighted by atomic mass is 10.2. The Balaban J connectivity index is 2.63. The van der Waals surface area contributed by atoms with Crippen molar-refractivity contribution in [2.75, 3.05) is 20.3 Å². The lowest BCUT2D eigenvalue weighted by Crippen LogP contribution is -2.25. The van der Waals surface area contributed by atoms with Gasteiger partial charge in [0.1, 0.15) is 0 Å². The minimum atomic E-state index is 0.205. The number of hydrogen-bond donors (Lipinski definition) is 1. The predicted molar refractivity (Wildman–Crippen MR) is 51.5 cm³/mol. The molecule has 1 aromatic rings. The van der Waals surface area contributed by atoms with Crippen LogP contribution >= 0.6 is 0 Å². The molecule has 74 valence electrons. The molecule has 4 nitrogen and oxygen atoms in total. The third-order valence-electron chi connectivity index (χ3n) is 1.87. The van der Waals surface area contributed by atoms with Gasteiger partial charge in [-0.25, -0.2) is 4.98 Å². The zero-order valence-corrected chi connectivity index (χ0v) is 8.45. The van der Waals surface area contributed by atoms with E-state index in [1.807, 2.05) is 17.8 Å². The van der Waals surface area contributed by atoms with Gasteiger partial charge in [0.05, 0.1) is 24.7 Å². The van der Waals surface area contributed by atoms with Gasteiger partial charge in [-0.3, -0.25) is 0 Å². The summed E-state index contributed by atoms with van der Waals surface area (Å²) in [5.74, 6) is 0. The van der Waals surface area contributed by atoms with Gasteiger partial charge in [0.2, 0.25) is 0 Å². The van der Waals surface area contributed by atoms with Crippen LogP contribution in [0.4, 0.5) is 0 Å². The van der Waals surface area contributed by atoms with E-state index in [1.54, 1.807) is 13.4 Å². The van der Waals surface area contributed by atoms with Gasteiger partial charge in [-0.05, 0) is 6.54 Å². The molecule has 1 heterocycles. The van der Waals surface area contributed by atoms with Crippen LogP contribution in [0.3, 0.4) is 0 Å². The van der Waals surface area contributed by atoms with E-state index in [0.717, 1.165) is 12.2 Å². The number of methoxy groups -OCH3 is 1. The third kappa shape index (κ3) is 2.82. The van der Waals surface area contributed by atoms with Gasteiger partial charge in [0, 0.05) is 20.4 Å². The summed E-state index contributed by atoms with van der Waals surface area (Å²) in [5, 5.41) is 3.31. The van der Waals surface area contributed by atoms with E-state index >= 15 is 0 Å². The first-order valence-electron chi connectivity index (χ1n) is 4.48. The molecule has 0 aliphatic heterocycles. The molecule has 1 N–H and O–H groups in total. The molecule has 1 aromatic heterocycles. The van der Waals surface area contributed by atoms with Crippen molar-refractivity contribution in [2.24, 2.45) is 7.05 Å². The van der Waals surface area contributed by atoms with Crippen LogP contribution in [0.25, 0.3) is 0 Å². The zero-order valence-electron chi connectivity index (χ0n) is 8.45. The Labute approximate surface area is 78.9 Å². The summed E-state index contributed by atoms with van der Waals surface area (Å²) >= 11 is 0.